The van der Waals surface area contributed by atoms with E-state index in [0.717, 1.165) is 21.9 Å². The molecule has 88 valence electrons. The number of carboxylic acid groups (broad SMARTS) is 1. The molecular weight excluding hydrogens is 258 g/mol. The molecule has 2 aromatic heterocycles. The van der Waals surface area contributed by atoms with Gasteiger partial charge in [0.15, 0.2) is 0 Å². The van der Waals surface area contributed by atoms with E-state index in [0.29, 0.717) is 11.6 Å². The number of carbonyl (C=O) groups is 1. The lowest BCUT2D eigenvalue weighted by atomic mass is 10.5. The molecule has 0 aliphatic carbocycles. The van der Waals surface area contributed by atoms with Gasteiger partial charge in [0.2, 0.25) is 5.01 Å². The van der Waals surface area contributed by atoms with E-state index in [2.05, 4.69) is 9.97 Å². The minimum atomic E-state index is -0.986. The lowest BCUT2D eigenvalue weighted by molar-refractivity contribution is 0.0696. The Morgan fingerprint density at radius 2 is 2.35 bits per heavy atom. The Bertz CT molecular complexity index is 525. The maximum Gasteiger partial charge on any atom is 0.365 e. The number of carboxylic acids is 1. The average molecular weight is 267 g/mol. The summed E-state index contributed by atoms with van der Waals surface area (Å²) in [5.74, 6) is 0.117. The normalized spacial score (nSPS) is 10.4. The van der Waals surface area contributed by atoms with E-state index >= 15 is 0 Å². The van der Waals surface area contributed by atoms with Gasteiger partial charge < -0.3 is 10.8 Å². The summed E-state index contributed by atoms with van der Waals surface area (Å²) < 4.78 is 0. The molecule has 0 amide bonds. The van der Waals surface area contributed by atoms with Gasteiger partial charge in [-0.1, -0.05) is 0 Å². The largest absolute Gasteiger partial charge is 0.476 e. The molecule has 0 spiro atoms. The van der Waals surface area contributed by atoms with Crippen LogP contribution in [-0.4, -0.2) is 21.0 Å². The molecule has 17 heavy (non-hydrogen) atoms. The number of nitrogens with two attached hydrogens (primary N) is 1. The van der Waals surface area contributed by atoms with Crippen molar-refractivity contribution in [2.75, 3.05) is 5.73 Å². The Labute approximate surface area is 106 Å². The number of thiazole rings is 1. The summed E-state index contributed by atoms with van der Waals surface area (Å²) in [6.45, 7) is 0. The fourth-order valence-corrected chi connectivity index (χ4v) is 2.62. The summed E-state index contributed by atoms with van der Waals surface area (Å²) in [7, 11) is 0. The number of pyridine rings is 1. The number of aromatic nitrogens is 2. The van der Waals surface area contributed by atoms with Gasteiger partial charge in [-0.05, 0) is 12.1 Å². The van der Waals surface area contributed by atoms with E-state index in [1.54, 1.807) is 29.4 Å². The van der Waals surface area contributed by atoms with Crippen molar-refractivity contribution in [2.45, 2.75) is 10.6 Å². The van der Waals surface area contributed by atoms with Crippen LogP contribution in [0.4, 0.5) is 5.82 Å². The number of rotatable bonds is 4. The molecule has 0 fully saturated rings. The molecular formula is C10H9N3O2S2. The fraction of sp³-hybridized carbons (Fsp3) is 0.100. The predicted molar refractivity (Wildman–Crippen MR) is 67.3 cm³/mol. The standard InChI is InChI=1S/C10H9N3O2S2/c11-8-2-1-7(3-12-8)16-4-6-5-17-9(13-6)10(14)15/h1-3,5H,4H2,(H2,11,12)(H,14,15). The predicted octanol–water partition coefficient (Wildman–Crippen LogP) is 2.11. The van der Waals surface area contributed by atoms with Crippen molar-refractivity contribution in [3.8, 4) is 0 Å². The van der Waals surface area contributed by atoms with Crippen LogP contribution in [0, 0.1) is 0 Å². The smallest absolute Gasteiger partial charge is 0.365 e. The van der Waals surface area contributed by atoms with Crippen molar-refractivity contribution in [3.05, 3.63) is 34.4 Å². The van der Waals surface area contributed by atoms with Gasteiger partial charge in [0, 0.05) is 22.2 Å². The van der Waals surface area contributed by atoms with Crippen LogP contribution in [-0.2, 0) is 5.75 Å². The average Bonchev–Trinajstić information content (AvgIpc) is 2.77. The van der Waals surface area contributed by atoms with Crippen LogP contribution in [0.25, 0.3) is 0 Å². The SMILES string of the molecule is Nc1ccc(SCc2csc(C(=O)O)n2)cn1. The maximum absolute atomic E-state index is 10.6. The Balaban J connectivity index is 1.97. The summed E-state index contributed by atoms with van der Waals surface area (Å²) in [5.41, 5.74) is 6.23. The number of nitrogen functional groups attached to an aromatic ring is 1. The van der Waals surface area contributed by atoms with Gasteiger partial charge in [-0.15, -0.1) is 23.1 Å². The van der Waals surface area contributed by atoms with Gasteiger partial charge in [0.1, 0.15) is 5.82 Å². The van der Waals surface area contributed by atoms with Gasteiger partial charge in [0.05, 0.1) is 5.69 Å². The third-order valence-electron chi connectivity index (χ3n) is 1.88. The van der Waals surface area contributed by atoms with Crippen LogP contribution in [0.2, 0.25) is 0 Å². The molecule has 0 aliphatic heterocycles. The van der Waals surface area contributed by atoms with Crippen LogP contribution < -0.4 is 5.73 Å². The van der Waals surface area contributed by atoms with E-state index in [9.17, 15) is 4.79 Å². The van der Waals surface area contributed by atoms with Crippen molar-refractivity contribution < 1.29 is 9.90 Å². The van der Waals surface area contributed by atoms with Gasteiger partial charge in [-0.25, -0.2) is 14.8 Å². The van der Waals surface area contributed by atoms with Gasteiger partial charge in [-0.3, -0.25) is 0 Å². The van der Waals surface area contributed by atoms with Crippen LogP contribution in [0.3, 0.4) is 0 Å². The summed E-state index contributed by atoms with van der Waals surface area (Å²) >= 11 is 2.68. The van der Waals surface area contributed by atoms with E-state index in [4.69, 9.17) is 10.8 Å². The first-order valence-corrected chi connectivity index (χ1v) is 6.53. The highest BCUT2D eigenvalue weighted by molar-refractivity contribution is 7.98. The fourth-order valence-electron chi connectivity index (χ4n) is 1.11. The number of anilines is 1. The molecule has 0 aromatic carbocycles. The second-order valence-corrected chi connectivity index (χ2v) is 5.06. The minimum absolute atomic E-state index is 0.121. The number of hydrogen-bond acceptors (Lipinski definition) is 6. The van der Waals surface area contributed by atoms with Crippen LogP contribution in [0.15, 0.2) is 28.6 Å². The van der Waals surface area contributed by atoms with Crippen molar-refractivity contribution in [1.29, 1.82) is 0 Å². The Kier molecular flexibility index (Phi) is 3.60. The van der Waals surface area contributed by atoms with Crippen molar-refractivity contribution in [3.63, 3.8) is 0 Å². The molecule has 2 rings (SSSR count). The van der Waals surface area contributed by atoms with E-state index in [1.165, 1.54) is 0 Å². The summed E-state index contributed by atoms with van der Waals surface area (Å²) in [4.78, 5) is 19.6. The maximum atomic E-state index is 10.6. The highest BCUT2D eigenvalue weighted by Crippen LogP contribution is 2.23. The highest BCUT2D eigenvalue weighted by Gasteiger charge is 2.08. The first kappa shape index (κ1) is 11.9. The molecule has 5 nitrogen and oxygen atoms in total. The lowest BCUT2D eigenvalue weighted by Crippen LogP contribution is -1.95. The van der Waals surface area contributed by atoms with Gasteiger partial charge >= 0.3 is 5.97 Å². The lowest BCUT2D eigenvalue weighted by Gasteiger charge is -1.98. The second-order valence-electron chi connectivity index (χ2n) is 3.16. The first-order chi connectivity index (χ1) is 8.15. The number of hydrogen-bond donors (Lipinski definition) is 2. The molecule has 0 saturated carbocycles. The van der Waals surface area contributed by atoms with Gasteiger partial charge in [0.25, 0.3) is 0 Å². The molecule has 0 radical (unpaired) electrons. The number of thioether (sulfide) groups is 1. The zero-order valence-electron chi connectivity index (χ0n) is 8.66. The Morgan fingerprint density at radius 1 is 1.53 bits per heavy atom. The highest BCUT2D eigenvalue weighted by atomic mass is 32.2. The van der Waals surface area contributed by atoms with Crippen LogP contribution in [0.5, 0.6) is 0 Å². The minimum Gasteiger partial charge on any atom is -0.476 e. The molecule has 7 heteroatoms. The summed E-state index contributed by atoms with van der Waals surface area (Å²) in [6, 6.07) is 3.60. The first-order valence-electron chi connectivity index (χ1n) is 4.67. The monoisotopic (exact) mass is 267 g/mol. The Morgan fingerprint density at radius 3 is 2.94 bits per heavy atom. The molecule has 0 saturated heterocycles. The molecule has 0 bridgehead atoms. The van der Waals surface area contributed by atoms with Crippen LogP contribution >= 0.6 is 23.1 Å². The number of aromatic carboxylic acids is 1. The van der Waals surface area contributed by atoms with Crippen LogP contribution in [0.1, 0.15) is 15.5 Å². The van der Waals surface area contributed by atoms with E-state index < -0.39 is 5.97 Å². The van der Waals surface area contributed by atoms with Crippen molar-refractivity contribution >= 4 is 34.9 Å². The molecule has 3 N–H and O–H groups in total. The van der Waals surface area contributed by atoms with Crippen molar-refractivity contribution in [1.82, 2.24) is 9.97 Å². The molecule has 0 aliphatic rings. The quantitative estimate of drug-likeness (QED) is 0.825. The Hall–Kier alpha value is -1.60. The molecule has 2 aromatic rings. The van der Waals surface area contributed by atoms with E-state index in [1.807, 2.05) is 6.07 Å². The third kappa shape index (κ3) is 3.18. The molecule has 2 heterocycles. The second kappa shape index (κ2) is 5.15. The molecule has 0 atom stereocenters. The summed E-state index contributed by atoms with van der Waals surface area (Å²) in [5, 5.41) is 10.6. The zero-order chi connectivity index (χ0) is 12.3. The third-order valence-corrected chi connectivity index (χ3v) is 3.77. The topological polar surface area (TPSA) is 89.1 Å². The zero-order valence-corrected chi connectivity index (χ0v) is 10.3. The van der Waals surface area contributed by atoms with Gasteiger partial charge in [-0.2, -0.15) is 0 Å². The molecule has 0 unspecified atom stereocenters. The number of nitrogens with zero attached hydrogens (tertiary/aromatic N) is 2. The summed E-state index contributed by atoms with van der Waals surface area (Å²) in [6.07, 6.45) is 1.68. The van der Waals surface area contributed by atoms with Crippen molar-refractivity contribution in [2.24, 2.45) is 0 Å². The van der Waals surface area contributed by atoms with E-state index in [-0.39, 0.29) is 5.01 Å².